The molecule has 2 heterocycles. The minimum Gasteiger partial charge on any atom is -0.307 e. The van der Waals surface area contributed by atoms with E-state index >= 15 is 0 Å². The quantitative estimate of drug-likeness (QED) is 0.463. The second-order valence-corrected chi connectivity index (χ2v) is 9.68. The standard InChI is InChI=1S/C22H19ClN4O2S2/c1-14-6-11-17-18(12-14)24-13-27(21(17)28)16-9-7-15(8-10-16)25-22(29)26-31-20-5-3-2-4-19(23)30-20/h4-13H,2-3H2,1H3,(H2,25,26,29). The van der Waals surface area contributed by atoms with Gasteiger partial charge in [-0.25, -0.2) is 9.78 Å². The lowest BCUT2D eigenvalue weighted by molar-refractivity contribution is 0.257. The Hall–Kier alpha value is -2.68. The Labute approximate surface area is 192 Å². The second kappa shape index (κ2) is 9.64. The second-order valence-electron chi connectivity index (χ2n) is 6.86. The van der Waals surface area contributed by atoms with Gasteiger partial charge in [0.1, 0.15) is 6.33 Å². The lowest BCUT2D eigenvalue weighted by Crippen LogP contribution is -2.23. The zero-order valence-corrected chi connectivity index (χ0v) is 19.0. The number of carbonyl (C=O) groups excluding carboxylic acids is 1. The van der Waals surface area contributed by atoms with E-state index in [2.05, 4.69) is 15.0 Å². The lowest BCUT2D eigenvalue weighted by Gasteiger charge is -2.10. The van der Waals surface area contributed by atoms with Crippen LogP contribution >= 0.6 is 35.3 Å². The number of nitrogens with one attached hydrogen (secondary N) is 2. The van der Waals surface area contributed by atoms with Gasteiger partial charge in [-0.2, -0.15) is 0 Å². The SMILES string of the molecule is Cc1ccc2c(=O)n(-c3ccc(NC(=O)NSC4=CCCC=C(Cl)S4)cc3)cnc2c1. The number of allylic oxidation sites excluding steroid dienone is 2. The number of halogens is 1. The maximum atomic E-state index is 12.8. The van der Waals surface area contributed by atoms with E-state index in [4.69, 9.17) is 11.6 Å². The molecular weight excluding hydrogens is 452 g/mol. The van der Waals surface area contributed by atoms with Gasteiger partial charge in [0.05, 0.1) is 25.2 Å². The van der Waals surface area contributed by atoms with Gasteiger partial charge in [-0.05, 0) is 73.7 Å². The van der Waals surface area contributed by atoms with Gasteiger partial charge in [-0.3, -0.25) is 14.1 Å². The number of urea groups is 1. The molecular formula is C22H19ClN4O2S2. The number of thioether (sulfide) groups is 1. The molecule has 0 bridgehead atoms. The molecule has 1 aliphatic heterocycles. The van der Waals surface area contributed by atoms with Crippen LogP contribution in [0.3, 0.4) is 0 Å². The first-order valence-corrected chi connectivity index (χ1v) is 11.6. The fourth-order valence-corrected chi connectivity index (χ4v) is 5.11. The average Bonchev–Trinajstić information content (AvgIpc) is 2.97. The largest absolute Gasteiger partial charge is 0.329 e. The lowest BCUT2D eigenvalue weighted by atomic mass is 10.2. The minimum absolute atomic E-state index is 0.137. The van der Waals surface area contributed by atoms with Crippen molar-refractivity contribution in [2.75, 3.05) is 5.32 Å². The molecule has 3 aromatic rings. The fraction of sp³-hybridized carbons (Fsp3) is 0.136. The zero-order valence-electron chi connectivity index (χ0n) is 16.6. The first-order valence-electron chi connectivity index (χ1n) is 9.55. The Morgan fingerprint density at radius 1 is 1.16 bits per heavy atom. The van der Waals surface area contributed by atoms with E-state index in [1.54, 1.807) is 30.3 Å². The molecule has 0 fully saturated rings. The van der Waals surface area contributed by atoms with E-state index in [0.29, 0.717) is 26.6 Å². The highest BCUT2D eigenvalue weighted by molar-refractivity contribution is 8.24. The number of anilines is 1. The summed E-state index contributed by atoms with van der Waals surface area (Å²) in [5.41, 5.74) is 2.87. The highest BCUT2D eigenvalue weighted by Gasteiger charge is 2.10. The molecule has 158 valence electrons. The molecule has 0 saturated carbocycles. The van der Waals surface area contributed by atoms with Gasteiger partial charge in [0, 0.05) is 5.69 Å². The van der Waals surface area contributed by atoms with Crippen LogP contribution in [0.1, 0.15) is 18.4 Å². The van der Waals surface area contributed by atoms with E-state index in [-0.39, 0.29) is 11.6 Å². The number of amides is 2. The third kappa shape index (κ3) is 5.33. The van der Waals surface area contributed by atoms with Crippen molar-refractivity contribution in [3.8, 4) is 5.69 Å². The first kappa shape index (κ1) is 21.5. The van der Waals surface area contributed by atoms with Crippen LogP contribution < -0.4 is 15.6 Å². The Morgan fingerprint density at radius 2 is 1.94 bits per heavy atom. The number of hydrogen-bond acceptors (Lipinski definition) is 5. The van der Waals surface area contributed by atoms with Crippen molar-refractivity contribution in [2.24, 2.45) is 0 Å². The molecule has 2 N–H and O–H groups in total. The van der Waals surface area contributed by atoms with Crippen molar-refractivity contribution < 1.29 is 4.79 Å². The predicted molar refractivity (Wildman–Crippen MR) is 131 cm³/mol. The first-order chi connectivity index (χ1) is 15.0. The number of aryl methyl sites for hydroxylation is 1. The highest BCUT2D eigenvalue weighted by Crippen LogP contribution is 2.37. The number of fused-ring (bicyclic) bond motifs is 1. The molecule has 31 heavy (non-hydrogen) atoms. The molecule has 0 atom stereocenters. The summed E-state index contributed by atoms with van der Waals surface area (Å²) in [4.78, 5) is 29.4. The van der Waals surface area contributed by atoms with Gasteiger partial charge in [0.2, 0.25) is 0 Å². The van der Waals surface area contributed by atoms with Gasteiger partial charge in [-0.1, -0.05) is 41.6 Å². The summed E-state index contributed by atoms with van der Waals surface area (Å²) in [5, 5.41) is 3.34. The van der Waals surface area contributed by atoms with E-state index in [1.165, 1.54) is 34.6 Å². The summed E-state index contributed by atoms with van der Waals surface area (Å²) in [6.07, 6.45) is 7.32. The molecule has 1 aromatic heterocycles. The molecule has 2 aromatic carbocycles. The summed E-state index contributed by atoms with van der Waals surface area (Å²) in [5.74, 6) is 0. The molecule has 0 unspecified atom stereocenters. The van der Waals surface area contributed by atoms with Crippen LogP contribution in [0.2, 0.25) is 0 Å². The number of rotatable bonds is 4. The number of nitrogens with zero attached hydrogens (tertiary/aromatic N) is 2. The maximum absolute atomic E-state index is 12.8. The number of carbonyl (C=O) groups is 1. The summed E-state index contributed by atoms with van der Waals surface area (Å²) >= 11 is 8.75. The Bertz CT molecular complexity index is 1250. The van der Waals surface area contributed by atoms with Crippen LogP contribution in [0.5, 0.6) is 0 Å². The van der Waals surface area contributed by atoms with Crippen molar-refractivity contribution in [3.05, 3.63) is 85.5 Å². The van der Waals surface area contributed by atoms with Gasteiger partial charge < -0.3 is 5.32 Å². The Morgan fingerprint density at radius 3 is 2.74 bits per heavy atom. The fourth-order valence-electron chi connectivity index (χ4n) is 3.01. The minimum atomic E-state index is -0.344. The van der Waals surface area contributed by atoms with E-state index in [1.807, 2.05) is 31.2 Å². The number of aromatic nitrogens is 2. The Balaban J connectivity index is 1.42. The molecule has 2 amide bonds. The van der Waals surface area contributed by atoms with Crippen molar-refractivity contribution in [3.63, 3.8) is 0 Å². The molecule has 0 saturated heterocycles. The molecule has 1 aliphatic rings. The molecule has 0 radical (unpaired) electrons. The van der Waals surface area contributed by atoms with Crippen molar-refractivity contribution in [2.45, 2.75) is 19.8 Å². The van der Waals surface area contributed by atoms with Gasteiger partial charge in [0.25, 0.3) is 5.56 Å². The van der Waals surface area contributed by atoms with Crippen molar-refractivity contribution in [1.29, 1.82) is 0 Å². The van der Waals surface area contributed by atoms with Crippen LogP contribution in [0.25, 0.3) is 16.6 Å². The van der Waals surface area contributed by atoms with Gasteiger partial charge >= 0.3 is 6.03 Å². The normalized spacial score (nSPS) is 13.9. The van der Waals surface area contributed by atoms with E-state index in [0.717, 1.165) is 22.6 Å². The Kier molecular flexibility index (Phi) is 6.70. The molecule has 0 spiro atoms. The third-order valence-corrected chi connectivity index (χ3v) is 6.81. The summed E-state index contributed by atoms with van der Waals surface area (Å²) < 4.78 is 5.89. The monoisotopic (exact) mass is 470 g/mol. The van der Waals surface area contributed by atoms with Crippen LogP contribution in [0.4, 0.5) is 10.5 Å². The smallest absolute Gasteiger partial charge is 0.307 e. The van der Waals surface area contributed by atoms with Crippen LogP contribution in [-0.2, 0) is 0 Å². The third-order valence-electron chi connectivity index (χ3n) is 4.54. The summed E-state index contributed by atoms with van der Waals surface area (Å²) in [6, 6.07) is 12.2. The maximum Gasteiger partial charge on any atom is 0.329 e. The number of benzene rings is 2. The van der Waals surface area contributed by atoms with Crippen molar-refractivity contribution >= 4 is 57.9 Å². The topological polar surface area (TPSA) is 76.0 Å². The van der Waals surface area contributed by atoms with Gasteiger partial charge in [0.15, 0.2) is 0 Å². The van der Waals surface area contributed by atoms with Crippen LogP contribution in [-0.4, -0.2) is 15.6 Å². The molecule has 0 aliphatic carbocycles. The molecule has 4 rings (SSSR count). The van der Waals surface area contributed by atoms with E-state index < -0.39 is 0 Å². The van der Waals surface area contributed by atoms with Crippen molar-refractivity contribution in [1.82, 2.24) is 14.3 Å². The molecule has 9 heteroatoms. The highest BCUT2D eigenvalue weighted by atomic mass is 35.5. The van der Waals surface area contributed by atoms with E-state index in [9.17, 15) is 9.59 Å². The number of hydrogen-bond donors (Lipinski definition) is 2. The van der Waals surface area contributed by atoms with Gasteiger partial charge in [-0.15, -0.1) is 0 Å². The molecule has 6 nitrogen and oxygen atoms in total. The van der Waals surface area contributed by atoms with Crippen LogP contribution in [0.15, 0.2) is 74.3 Å². The predicted octanol–water partition coefficient (Wildman–Crippen LogP) is 5.91. The summed E-state index contributed by atoms with van der Waals surface area (Å²) in [6.45, 7) is 1.96. The summed E-state index contributed by atoms with van der Waals surface area (Å²) in [7, 11) is 0. The zero-order chi connectivity index (χ0) is 21.8. The van der Waals surface area contributed by atoms with Crippen LogP contribution in [0, 0.1) is 6.92 Å². The average molecular weight is 471 g/mol.